The molecule has 0 unspecified atom stereocenters. The summed E-state index contributed by atoms with van der Waals surface area (Å²) in [7, 11) is -2.23. The number of sulfonamides is 1. The summed E-state index contributed by atoms with van der Waals surface area (Å²) in [6.45, 7) is 5.63. The van der Waals surface area contributed by atoms with Crippen LogP contribution in [-0.4, -0.2) is 33.7 Å². The molecule has 0 aliphatic rings. The third-order valence-corrected chi connectivity index (χ3v) is 6.56. The Hall–Kier alpha value is -1.96. The summed E-state index contributed by atoms with van der Waals surface area (Å²) in [6, 6.07) is 10.6. The van der Waals surface area contributed by atoms with E-state index in [1.165, 1.54) is 19.1 Å². The average molecular weight is 487 g/mol. The van der Waals surface area contributed by atoms with Gasteiger partial charge in [0.05, 0.1) is 30.1 Å². The number of nitrogens with one attached hydrogen (secondary N) is 1. The fourth-order valence-electron chi connectivity index (χ4n) is 3.31. The van der Waals surface area contributed by atoms with Crippen molar-refractivity contribution < 1.29 is 17.9 Å². The zero-order chi connectivity index (χ0) is 23.3. The molecule has 0 heterocycles. The first-order chi connectivity index (χ1) is 14.4. The van der Waals surface area contributed by atoms with Gasteiger partial charge in [-0.1, -0.05) is 49.2 Å². The normalized spacial score (nSPS) is 13.5. The zero-order valence-electron chi connectivity index (χ0n) is 18.2. The number of nitrogens with zero attached hydrogens (tertiary/aromatic N) is 1. The molecule has 0 aliphatic carbocycles. The van der Waals surface area contributed by atoms with Crippen LogP contribution in [-0.2, 0) is 14.8 Å². The molecule has 1 N–H and O–H groups in total. The number of hydrogen-bond donors (Lipinski definition) is 1. The molecule has 170 valence electrons. The monoisotopic (exact) mass is 486 g/mol. The van der Waals surface area contributed by atoms with Gasteiger partial charge in [-0.2, -0.15) is 0 Å². The van der Waals surface area contributed by atoms with Gasteiger partial charge in [0, 0.05) is 5.02 Å². The van der Waals surface area contributed by atoms with Gasteiger partial charge in [0.1, 0.15) is 11.8 Å². The van der Waals surface area contributed by atoms with E-state index in [0.29, 0.717) is 23.1 Å². The van der Waals surface area contributed by atoms with E-state index < -0.39 is 22.0 Å². The lowest BCUT2D eigenvalue weighted by atomic mass is 9.96. The Labute approximate surface area is 194 Å². The fourth-order valence-corrected chi connectivity index (χ4v) is 4.92. The van der Waals surface area contributed by atoms with Crippen molar-refractivity contribution >= 4 is 44.8 Å². The van der Waals surface area contributed by atoms with Crippen molar-refractivity contribution in [2.45, 2.75) is 39.3 Å². The van der Waals surface area contributed by atoms with E-state index in [1.54, 1.807) is 13.2 Å². The van der Waals surface area contributed by atoms with Crippen LogP contribution in [0.1, 0.15) is 38.8 Å². The topological polar surface area (TPSA) is 75.7 Å². The Kier molecular flexibility index (Phi) is 8.63. The molecule has 9 heteroatoms. The smallest absolute Gasteiger partial charge is 0.244 e. The minimum absolute atomic E-state index is 0.157. The molecule has 0 saturated heterocycles. The predicted molar refractivity (Wildman–Crippen MR) is 127 cm³/mol. The molecule has 0 spiro atoms. The van der Waals surface area contributed by atoms with E-state index in [0.717, 1.165) is 16.1 Å². The summed E-state index contributed by atoms with van der Waals surface area (Å²) < 4.78 is 31.4. The van der Waals surface area contributed by atoms with E-state index in [1.807, 2.05) is 24.3 Å². The number of carbonyl (C=O) groups is 1. The molecule has 2 rings (SSSR count). The highest BCUT2D eigenvalue weighted by molar-refractivity contribution is 7.92. The second-order valence-electron chi connectivity index (χ2n) is 7.79. The van der Waals surface area contributed by atoms with Gasteiger partial charge in [0.15, 0.2) is 0 Å². The Bertz CT molecular complexity index is 1010. The lowest BCUT2D eigenvalue weighted by Crippen LogP contribution is -2.49. The van der Waals surface area contributed by atoms with E-state index in [4.69, 9.17) is 27.9 Å². The maximum absolute atomic E-state index is 13.2. The van der Waals surface area contributed by atoms with E-state index >= 15 is 0 Å². The van der Waals surface area contributed by atoms with Crippen LogP contribution in [0, 0.1) is 5.92 Å². The second-order valence-corrected chi connectivity index (χ2v) is 10.5. The van der Waals surface area contributed by atoms with Crippen LogP contribution in [0.5, 0.6) is 5.75 Å². The van der Waals surface area contributed by atoms with Crippen molar-refractivity contribution in [3.8, 4) is 5.75 Å². The predicted octanol–water partition coefficient (Wildman–Crippen LogP) is 5.06. The fraction of sp³-hybridized carbons (Fsp3) is 0.409. The third-order valence-electron chi connectivity index (χ3n) is 4.78. The highest BCUT2D eigenvalue weighted by Gasteiger charge is 2.32. The number of rotatable bonds is 9. The standard InChI is InChI=1S/C22H28Cl2N2O4S/c1-14(2)12-20(16-6-9-18(30-4)10-7-16)25-22(27)15(3)26(31(5,28)29)21-13-17(23)8-11-19(21)24/h6-11,13-15,20H,12H2,1-5H3,(H,25,27)/t15-,20-/m1/s1. The molecule has 6 nitrogen and oxygen atoms in total. The summed E-state index contributed by atoms with van der Waals surface area (Å²) in [5.41, 5.74) is 1.06. The van der Waals surface area contributed by atoms with Crippen LogP contribution in [0.25, 0.3) is 0 Å². The summed E-state index contributed by atoms with van der Waals surface area (Å²) in [5, 5.41) is 3.50. The molecular formula is C22H28Cl2N2O4S. The average Bonchev–Trinajstić information content (AvgIpc) is 2.68. The molecule has 0 bridgehead atoms. The van der Waals surface area contributed by atoms with Crippen LogP contribution >= 0.6 is 23.2 Å². The second kappa shape index (κ2) is 10.6. The molecule has 0 fully saturated rings. The molecule has 1 amide bonds. The van der Waals surface area contributed by atoms with Crippen molar-refractivity contribution in [3.63, 3.8) is 0 Å². The number of benzene rings is 2. The van der Waals surface area contributed by atoms with Crippen LogP contribution < -0.4 is 14.4 Å². The highest BCUT2D eigenvalue weighted by Crippen LogP contribution is 2.32. The zero-order valence-corrected chi connectivity index (χ0v) is 20.6. The number of methoxy groups -OCH3 is 1. The van der Waals surface area contributed by atoms with Gasteiger partial charge in [-0.25, -0.2) is 8.42 Å². The Morgan fingerprint density at radius 3 is 2.23 bits per heavy atom. The van der Waals surface area contributed by atoms with Crippen LogP contribution in [0.15, 0.2) is 42.5 Å². The minimum Gasteiger partial charge on any atom is -0.497 e. The first-order valence-electron chi connectivity index (χ1n) is 9.82. The van der Waals surface area contributed by atoms with Gasteiger partial charge < -0.3 is 10.1 Å². The molecule has 2 aromatic rings. The number of anilines is 1. The van der Waals surface area contributed by atoms with E-state index in [-0.39, 0.29) is 16.8 Å². The quantitative estimate of drug-likeness (QED) is 0.537. The minimum atomic E-state index is -3.82. The maximum atomic E-state index is 13.2. The number of carbonyl (C=O) groups excluding carboxylic acids is 1. The lowest BCUT2D eigenvalue weighted by Gasteiger charge is -2.31. The molecule has 0 saturated carbocycles. The van der Waals surface area contributed by atoms with Gasteiger partial charge in [0.25, 0.3) is 0 Å². The third kappa shape index (κ3) is 6.76. The Morgan fingerprint density at radius 2 is 1.71 bits per heavy atom. The Morgan fingerprint density at radius 1 is 1.10 bits per heavy atom. The summed E-state index contributed by atoms with van der Waals surface area (Å²) in [6.07, 6.45) is 1.71. The van der Waals surface area contributed by atoms with Crippen molar-refractivity contribution in [3.05, 3.63) is 58.1 Å². The van der Waals surface area contributed by atoms with Gasteiger partial charge in [0.2, 0.25) is 15.9 Å². The first kappa shape index (κ1) is 25.3. The van der Waals surface area contributed by atoms with Gasteiger partial charge >= 0.3 is 0 Å². The summed E-state index contributed by atoms with van der Waals surface area (Å²) in [5.74, 6) is 0.574. The van der Waals surface area contributed by atoms with Crippen molar-refractivity contribution in [2.75, 3.05) is 17.7 Å². The highest BCUT2D eigenvalue weighted by atomic mass is 35.5. The van der Waals surface area contributed by atoms with Gasteiger partial charge in [-0.3, -0.25) is 9.10 Å². The number of amides is 1. The maximum Gasteiger partial charge on any atom is 0.244 e. The van der Waals surface area contributed by atoms with Crippen LogP contribution in [0.3, 0.4) is 0 Å². The van der Waals surface area contributed by atoms with Crippen LogP contribution in [0.2, 0.25) is 10.0 Å². The number of ether oxygens (including phenoxy) is 1. The molecule has 2 aromatic carbocycles. The largest absolute Gasteiger partial charge is 0.497 e. The molecule has 0 aliphatic heterocycles. The number of halogens is 2. The molecule has 0 aromatic heterocycles. The van der Waals surface area contributed by atoms with Crippen molar-refractivity contribution in [1.82, 2.24) is 5.32 Å². The van der Waals surface area contributed by atoms with E-state index in [2.05, 4.69) is 19.2 Å². The lowest BCUT2D eigenvalue weighted by molar-refractivity contribution is -0.122. The summed E-state index contributed by atoms with van der Waals surface area (Å²) in [4.78, 5) is 13.2. The first-order valence-corrected chi connectivity index (χ1v) is 12.4. The molecule has 2 atom stereocenters. The summed E-state index contributed by atoms with van der Waals surface area (Å²) >= 11 is 12.3. The van der Waals surface area contributed by atoms with Gasteiger partial charge in [-0.15, -0.1) is 0 Å². The number of hydrogen-bond acceptors (Lipinski definition) is 4. The van der Waals surface area contributed by atoms with Crippen molar-refractivity contribution in [2.24, 2.45) is 5.92 Å². The molecule has 31 heavy (non-hydrogen) atoms. The van der Waals surface area contributed by atoms with Crippen molar-refractivity contribution in [1.29, 1.82) is 0 Å². The van der Waals surface area contributed by atoms with E-state index in [9.17, 15) is 13.2 Å². The Balaban J connectivity index is 2.36. The van der Waals surface area contributed by atoms with Crippen LogP contribution in [0.4, 0.5) is 5.69 Å². The SMILES string of the molecule is COc1ccc([C@@H](CC(C)C)NC(=O)[C@@H](C)N(c2cc(Cl)ccc2Cl)S(C)(=O)=O)cc1. The molecule has 0 radical (unpaired) electrons. The molecular weight excluding hydrogens is 459 g/mol. The van der Waals surface area contributed by atoms with Gasteiger partial charge in [-0.05, 0) is 55.2 Å².